The molecule has 0 aromatic heterocycles. The second-order valence-electron chi connectivity index (χ2n) is 6.85. The minimum Gasteiger partial charge on any atom is -0.384 e. The molecular formula is C24H26BFO3. The summed E-state index contributed by atoms with van der Waals surface area (Å²) in [6.07, 6.45) is 2.86. The van der Waals surface area contributed by atoms with Gasteiger partial charge in [-0.05, 0) is 23.1 Å². The van der Waals surface area contributed by atoms with Crippen molar-refractivity contribution in [1.29, 1.82) is 0 Å². The number of hydrogen-bond acceptors (Lipinski definition) is 3. The van der Waals surface area contributed by atoms with Crippen LogP contribution in [0.1, 0.15) is 42.9 Å². The zero-order valence-corrected chi connectivity index (χ0v) is 16.7. The van der Waals surface area contributed by atoms with E-state index in [1.807, 2.05) is 91.0 Å². The molecule has 0 saturated heterocycles. The molecule has 0 heterocycles. The van der Waals surface area contributed by atoms with E-state index in [-0.39, 0.29) is 0 Å². The third-order valence-corrected chi connectivity index (χ3v) is 4.89. The van der Waals surface area contributed by atoms with Gasteiger partial charge in [0.1, 0.15) is 5.60 Å². The first-order valence-corrected chi connectivity index (χ1v) is 10.0. The topological polar surface area (TPSA) is 27.7 Å². The summed E-state index contributed by atoms with van der Waals surface area (Å²) in [5.41, 5.74) is 1.48. The summed E-state index contributed by atoms with van der Waals surface area (Å²) >= 11 is 0. The van der Waals surface area contributed by atoms with Crippen LogP contribution in [0.3, 0.4) is 0 Å². The second-order valence-corrected chi connectivity index (χ2v) is 6.85. The quantitative estimate of drug-likeness (QED) is 0.225. The largest absolute Gasteiger partial charge is 0.673 e. The van der Waals surface area contributed by atoms with Crippen LogP contribution in [0.5, 0.6) is 0 Å². The fourth-order valence-corrected chi connectivity index (χ4v) is 3.48. The zero-order chi connectivity index (χ0) is 20.4. The summed E-state index contributed by atoms with van der Waals surface area (Å²) in [6, 6.07) is 29.2. The normalized spacial score (nSPS) is 11.4. The lowest BCUT2D eigenvalue weighted by atomic mass is 9.79. The third-order valence-electron chi connectivity index (χ3n) is 4.89. The van der Waals surface area contributed by atoms with Gasteiger partial charge in [-0.3, -0.25) is 0 Å². The first-order valence-electron chi connectivity index (χ1n) is 10.0. The number of rotatable bonds is 11. The molecule has 0 N–H and O–H groups in total. The molecule has 0 bridgehead atoms. The van der Waals surface area contributed by atoms with E-state index >= 15 is 0 Å². The van der Waals surface area contributed by atoms with Crippen molar-refractivity contribution < 1.29 is 18.7 Å². The van der Waals surface area contributed by atoms with Crippen molar-refractivity contribution in [1.82, 2.24) is 0 Å². The van der Waals surface area contributed by atoms with Gasteiger partial charge in [-0.25, -0.2) is 0 Å². The molecule has 0 spiro atoms. The van der Waals surface area contributed by atoms with E-state index in [1.54, 1.807) is 0 Å². The Morgan fingerprint density at radius 3 is 1.55 bits per heavy atom. The summed E-state index contributed by atoms with van der Waals surface area (Å²) in [7, 11) is -1.45. The van der Waals surface area contributed by atoms with Gasteiger partial charge in [0.15, 0.2) is 0 Å². The van der Waals surface area contributed by atoms with Gasteiger partial charge in [-0.2, -0.15) is 4.86 Å². The van der Waals surface area contributed by atoms with Crippen LogP contribution >= 0.6 is 0 Å². The van der Waals surface area contributed by atoms with Crippen LogP contribution in [-0.4, -0.2) is 13.9 Å². The molecule has 0 fully saturated rings. The number of unbranched alkanes of at least 4 members (excludes halogenated alkanes) is 2. The lowest BCUT2D eigenvalue weighted by molar-refractivity contribution is -0.0941. The maximum atomic E-state index is 13.5. The van der Waals surface area contributed by atoms with E-state index in [2.05, 4.69) is 11.8 Å². The molecule has 3 rings (SSSR count). The summed E-state index contributed by atoms with van der Waals surface area (Å²) in [4.78, 5) is 4.11. The highest BCUT2D eigenvalue weighted by Gasteiger charge is 2.43. The molecule has 0 saturated carbocycles. The van der Waals surface area contributed by atoms with Crippen molar-refractivity contribution >= 4 is 7.32 Å². The molecule has 0 amide bonds. The summed E-state index contributed by atoms with van der Waals surface area (Å²) in [5.74, 6) is 0. The Morgan fingerprint density at radius 1 is 0.724 bits per heavy atom. The first-order chi connectivity index (χ1) is 14.3. The SMILES string of the molecule is CCCCCOB(OF)OC(c1ccccc1)(c1ccccc1)c1ccccc1. The van der Waals surface area contributed by atoms with Gasteiger partial charge in [-0.15, -0.1) is 0 Å². The van der Waals surface area contributed by atoms with Gasteiger partial charge in [0.2, 0.25) is 0 Å². The van der Waals surface area contributed by atoms with Crippen molar-refractivity contribution in [2.75, 3.05) is 6.61 Å². The Balaban J connectivity index is 2.07. The van der Waals surface area contributed by atoms with Crippen LogP contribution in [0.2, 0.25) is 0 Å². The summed E-state index contributed by atoms with van der Waals surface area (Å²) in [6.45, 7) is 2.46. The lowest BCUT2D eigenvalue weighted by Crippen LogP contribution is -2.41. The van der Waals surface area contributed by atoms with Crippen LogP contribution < -0.4 is 0 Å². The number of hydrogen-bond donors (Lipinski definition) is 0. The predicted molar refractivity (Wildman–Crippen MR) is 114 cm³/mol. The van der Waals surface area contributed by atoms with Gasteiger partial charge in [0, 0.05) is 6.61 Å². The number of halogens is 1. The van der Waals surface area contributed by atoms with Crippen molar-refractivity contribution in [3.63, 3.8) is 0 Å². The molecule has 0 radical (unpaired) electrons. The van der Waals surface area contributed by atoms with Crippen molar-refractivity contribution in [3.8, 4) is 0 Å². The Kier molecular flexibility index (Phi) is 7.99. The molecule has 0 aliphatic carbocycles. The van der Waals surface area contributed by atoms with E-state index in [9.17, 15) is 4.53 Å². The van der Waals surface area contributed by atoms with Crippen molar-refractivity contribution in [2.45, 2.75) is 31.8 Å². The molecule has 0 aliphatic heterocycles. The van der Waals surface area contributed by atoms with Gasteiger partial charge >= 0.3 is 7.32 Å². The lowest BCUT2D eigenvalue weighted by Gasteiger charge is -2.36. The maximum absolute atomic E-state index is 13.5. The summed E-state index contributed by atoms with van der Waals surface area (Å²) < 4.78 is 25.4. The molecule has 0 aliphatic rings. The predicted octanol–water partition coefficient (Wildman–Crippen LogP) is 6.09. The third kappa shape index (κ3) is 5.12. The fourth-order valence-electron chi connectivity index (χ4n) is 3.48. The Labute approximate surface area is 172 Å². The molecule has 29 heavy (non-hydrogen) atoms. The van der Waals surface area contributed by atoms with E-state index in [0.717, 1.165) is 36.0 Å². The molecular weight excluding hydrogens is 366 g/mol. The Morgan fingerprint density at radius 2 is 1.17 bits per heavy atom. The monoisotopic (exact) mass is 392 g/mol. The molecule has 150 valence electrons. The Hall–Kier alpha value is -2.47. The minimum atomic E-state index is -1.45. The first kappa shape index (κ1) is 21.2. The van der Waals surface area contributed by atoms with Gasteiger partial charge in [0.25, 0.3) is 0 Å². The molecule has 3 aromatic carbocycles. The average molecular weight is 392 g/mol. The molecule has 0 unspecified atom stereocenters. The maximum Gasteiger partial charge on any atom is 0.673 e. The van der Waals surface area contributed by atoms with Gasteiger partial charge < -0.3 is 9.31 Å². The summed E-state index contributed by atoms with van der Waals surface area (Å²) in [5, 5.41) is 0. The zero-order valence-electron chi connectivity index (χ0n) is 16.7. The second kappa shape index (κ2) is 10.9. The smallest absolute Gasteiger partial charge is 0.384 e. The van der Waals surface area contributed by atoms with Crippen molar-refractivity contribution in [2.24, 2.45) is 0 Å². The standard InChI is InChI=1S/C24H26BFO3/c1-2-3-13-20-27-25(29-26)28-24(21-14-7-4-8-15-21,22-16-9-5-10-17-22)23-18-11-6-12-19-23/h4-12,14-19H,2-3,13,20H2,1H3. The van der Waals surface area contributed by atoms with Crippen LogP contribution in [0.15, 0.2) is 91.0 Å². The Bertz CT molecular complexity index is 734. The van der Waals surface area contributed by atoms with Crippen LogP contribution in [-0.2, 0) is 19.8 Å². The van der Waals surface area contributed by atoms with Crippen LogP contribution in [0, 0.1) is 0 Å². The van der Waals surface area contributed by atoms with Crippen LogP contribution in [0.25, 0.3) is 0 Å². The van der Waals surface area contributed by atoms with E-state index < -0.39 is 12.9 Å². The average Bonchev–Trinajstić information content (AvgIpc) is 2.80. The minimum absolute atomic E-state index is 0.358. The highest BCUT2D eigenvalue weighted by Crippen LogP contribution is 2.41. The molecule has 0 atom stereocenters. The highest BCUT2D eigenvalue weighted by molar-refractivity contribution is 6.36. The van der Waals surface area contributed by atoms with Gasteiger partial charge in [0.05, 0.1) is 0 Å². The number of benzene rings is 3. The van der Waals surface area contributed by atoms with Crippen LogP contribution in [0.4, 0.5) is 4.53 Å². The molecule has 5 heteroatoms. The van der Waals surface area contributed by atoms with Gasteiger partial charge in [-0.1, -0.05) is 115 Å². The highest BCUT2D eigenvalue weighted by atomic mass is 19.3. The molecule has 3 aromatic rings. The van der Waals surface area contributed by atoms with E-state index in [4.69, 9.17) is 9.31 Å². The fraction of sp³-hybridized carbons (Fsp3) is 0.250. The molecule has 3 nitrogen and oxygen atoms in total. The van der Waals surface area contributed by atoms with E-state index in [0.29, 0.717) is 6.61 Å². The van der Waals surface area contributed by atoms with Crippen molar-refractivity contribution in [3.05, 3.63) is 108 Å². The van der Waals surface area contributed by atoms with E-state index in [1.165, 1.54) is 0 Å².